The summed E-state index contributed by atoms with van der Waals surface area (Å²) in [4.78, 5) is 19.8. The van der Waals surface area contributed by atoms with Crippen LogP contribution in [0.1, 0.15) is 13.3 Å². The second-order valence-corrected chi connectivity index (χ2v) is 5.26. The molecule has 0 radical (unpaired) electrons. The fourth-order valence-electron chi connectivity index (χ4n) is 1.86. The zero-order valence-corrected chi connectivity index (χ0v) is 13.5. The van der Waals surface area contributed by atoms with Gasteiger partial charge in [0.1, 0.15) is 6.54 Å². The average molecular weight is 299 g/mol. The first kappa shape index (κ1) is 17.7. The summed E-state index contributed by atoms with van der Waals surface area (Å²) in [5.74, 6) is 0.709. The van der Waals surface area contributed by atoms with Crippen LogP contribution in [0.15, 0.2) is 4.99 Å². The molecule has 1 amide bonds. The fraction of sp³-hybridized carbons (Fsp3) is 0.857. The largest absolute Gasteiger partial charge is 0.379 e. The fourth-order valence-corrected chi connectivity index (χ4v) is 1.86. The Morgan fingerprint density at radius 2 is 1.90 bits per heavy atom. The molecule has 1 aliphatic heterocycles. The summed E-state index contributed by atoms with van der Waals surface area (Å²) >= 11 is 0. The van der Waals surface area contributed by atoms with Gasteiger partial charge in [-0.15, -0.1) is 0 Å². The van der Waals surface area contributed by atoms with Gasteiger partial charge in [0.05, 0.1) is 13.2 Å². The Morgan fingerprint density at radius 1 is 1.24 bits per heavy atom. The van der Waals surface area contributed by atoms with Gasteiger partial charge in [0.25, 0.3) is 0 Å². The Morgan fingerprint density at radius 3 is 2.52 bits per heavy atom. The predicted octanol–water partition coefficient (Wildman–Crippen LogP) is -0.648. The zero-order valence-electron chi connectivity index (χ0n) is 13.5. The number of morpholine rings is 1. The molecule has 0 atom stereocenters. The van der Waals surface area contributed by atoms with Crippen molar-refractivity contribution in [3.63, 3.8) is 0 Å². The lowest BCUT2D eigenvalue weighted by Gasteiger charge is -2.26. The van der Waals surface area contributed by atoms with Gasteiger partial charge in [0.15, 0.2) is 5.96 Å². The first-order valence-electron chi connectivity index (χ1n) is 7.66. The molecule has 0 unspecified atom stereocenters. The van der Waals surface area contributed by atoms with Crippen LogP contribution in [-0.2, 0) is 9.53 Å². The van der Waals surface area contributed by atoms with Gasteiger partial charge < -0.3 is 20.3 Å². The van der Waals surface area contributed by atoms with Gasteiger partial charge in [-0.1, -0.05) is 6.92 Å². The van der Waals surface area contributed by atoms with Crippen molar-refractivity contribution in [3.05, 3.63) is 0 Å². The van der Waals surface area contributed by atoms with E-state index in [2.05, 4.69) is 27.4 Å². The number of likely N-dealkylation sites (N-methyl/N-ethyl adjacent to an activating group) is 1. The number of carbonyl (C=O) groups is 1. The standard InChI is InChI=1S/C14H29N5O2/c1-4-5-15-14(17-12-13(20)18(2)3)16-6-7-19-8-10-21-11-9-19/h4-12H2,1-3H3,(H2,15,16,17). The third-order valence-corrected chi connectivity index (χ3v) is 3.24. The summed E-state index contributed by atoms with van der Waals surface area (Å²) in [5.41, 5.74) is 0. The second kappa shape index (κ2) is 10.4. The predicted molar refractivity (Wildman–Crippen MR) is 84.6 cm³/mol. The Kier molecular flexibility index (Phi) is 8.77. The third kappa shape index (κ3) is 7.87. The molecule has 7 nitrogen and oxygen atoms in total. The number of ether oxygens (including phenoxy) is 1. The van der Waals surface area contributed by atoms with Crippen LogP contribution in [-0.4, -0.2) is 88.2 Å². The van der Waals surface area contributed by atoms with Crippen LogP contribution < -0.4 is 10.6 Å². The number of guanidine groups is 1. The lowest BCUT2D eigenvalue weighted by atomic mass is 10.4. The summed E-state index contributed by atoms with van der Waals surface area (Å²) in [6.07, 6.45) is 1.02. The van der Waals surface area contributed by atoms with Crippen LogP contribution >= 0.6 is 0 Å². The smallest absolute Gasteiger partial charge is 0.243 e. The molecular formula is C14H29N5O2. The van der Waals surface area contributed by atoms with E-state index in [0.29, 0.717) is 5.96 Å². The van der Waals surface area contributed by atoms with E-state index in [-0.39, 0.29) is 12.5 Å². The number of rotatable bonds is 7. The van der Waals surface area contributed by atoms with Crippen LogP contribution in [0.25, 0.3) is 0 Å². The van der Waals surface area contributed by atoms with Gasteiger partial charge in [0, 0.05) is 46.8 Å². The molecule has 0 bridgehead atoms. The van der Waals surface area contributed by atoms with Crippen molar-refractivity contribution in [2.45, 2.75) is 13.3 Å². The lowest BCUT2D eigenvalue weighted by molar-refractivity contribution is -0.127. The molecule has 0 aromatic rings. The van der Waals surface area contributed by atoms with E-state index in [1.54, 1.807) is 19.0 Å². The average Bonchev–Trinajstić information content (AvgIpc) is 2.50. The molecule has 2 N–H and O–H groups in total. The Bertz CT molecular complexity index is 327. The van der Waals surface area contributed by atoms with Crippen molar-refractivity contribution in [1.29, 1.82) is 0 Å². The van der Waals surface area contributed by atoms with E-state index < -0.39 is 0 Å². The van der Waals surface area contributed by atoms with E-state index >= 15 is 0 Å². The third-order valence-electron chi connectivity index (χ3n) is 3.24. The molecule has 122 valence electrons. The SMILES string of the molecule is CCCNC(=NCC(=O)N(C)C)NCCN1CCOCC1. The zero-order chi connectivity index (χ0) is 15.5. The van der Waals surface area contributed by atoms with Crippen molar-refractivity contribution in [3.8, 4) is 0 Å². The first-order valence-corrected chi connectivity index (χ1v) is 7.66. The molecule has 0 aliphatic carbocycles. The van der Waals surface area contributed by atoms with Crippen LogP contribution in [0, 0.1) is 0 Å². The molecule has 0 spiro atoms. The summed E-state index contributed by atoms with van der Waals surface area (Å²) in [5, 5.41) is 6.51. The van der Waals surface area contributed by atoms with Gasteiger partial charge in [-0.25, -0.2) is 4.99 Å². The number of nitrogens with one attached hydrogen (secondary N) is 2. The van der Waals surface area contributed by atoms with Crippen LogP contribution in [0.2, 0.25) is 0 Å². The van der Waals surface area contributed by atoms with E-state index in [0.717, 1.165) is 52.4 Å². The number of amides is 1. The molecule has 0 aromatic carbocycles. The van der Waals surface area contributed by atoms with Gasteiger partial charge in [-0.3, -0.25) is 9.69 Å². The van der Waals surface area contributed by atoms with Crippen LogP contribution in [0.5, 0.6) is 0 Å². The Hall–Kier alpha value is -1.34. The highest BCUT2D eigenvalue weighted by Gasteiger charge is 2.10. The number of carbonyl (C=O) groups excluding carboxylic acids is 1. The maximum absolute atomic E-state index is 11.6. The van der Waals surface area contributed by atoms with E-state index in [1.165, 1.54) is 0 Å². The highest BCUT2D eigenvalue weighted by atomic mass is 16.5. The topological polar surface area (TPSA) is 69.2 Å². The summed E-state index contributed by atoms with van der Waals surface area (Å²) in [6, 6.07) is 0. The summed E-state index contributed by atoms with van der Waals surface area (Å²) in [7, 11) is 3.48. The maximum Gasteiger partial charge on any atom is 0.243 e. The number of aliphatic imine (C=N–C) groups is 1. The van der Waals surface area contributed by atoms with Gasteiger partial charge in [-0.2, -0.15) is 0 Å². The molecule has 0 saturated carbocycles. The Balaban J connectivity index is 2.33. The number of hydrogen-bond donors (Lipinski definition) is 2. The molecule has 1 rings (SSSR count). The molecule has 1 aliphatic rings. The molecule has 1 saturated heterocycles. The minimum atomic E-state index is 0.000720. The second-order valence-electron chi connectivity index (χ2n) is 5.26. The highest BCUT2D eigenvalue weighted by molar-refractivity contribution is 5.84. The Labute approximate surface area is 127 Å². The van der Waals surface area contributed by atoms with Gasteiger partial charge in [0.2, 0.25) is 5.91 Å². The van der Waals surface area contributed by atoms with Gasteiger partial charge >= 0.3 is 0 Å². The van der Waals surface area contributed by atoms with Crippen molar-refractivity contribution in [2.75, 3.05) is 66.6 Å². The van der Waals surface area contributed by atoms with Crippen LogP contribution in [0.3, 0.4) is 0 Å². The normalized spacial score (nSPS) is 16.6. The molecule has 21 heavy (non-hydrogen) atoms. The summed E-state index contributed by atoms with van der Waals surface area (Å²) in [6.45, 7) is 8.47. The molecular weight excluding hydrogens is 270 g/mol. The van der Waals surface area contributed by atoms with E-state index in [9.17, 15) is 4.79 Å². The first-order chi connectivity index (χ1) is 10.1. The highest BCUT2D eigenvalue weighted by Crippen LogP contribution is 1.94. The minimum Gasteiger partial charge on any atom is -0.379 e. The number of hydrogen-bond acceptors (Lipinski definition) is 4. The molecule has 7 heteroatoms. The molecule has 1 fully saturated rings. The van der Waals surface area contributed by atoms with E-state index in [1.807, 2.05) is 0 Å². The number of nitrogens with zero attached hydrogens (tertiary/aromatic N) is 3. The van der Waals surface area contributed by atoms with Crippen molar-refractivity contribution < 1.29 is 9.53 Å². The maximum atomic E-state index is 11.6. The monoisotopic (exact) mass is 299 g/mol. The summed E-state index contributed by atoms with van der Waals surface area (Å²) < 4.78 is 5.33. The van der Waals surface area contributed by atoms with Crippen molar-refractivity contribution in [2.24, 2.45) is 4.99 Å². The van der Waals surface area contributed by atoms with Gasteiger partial charge in [-0.05, 0) is 6.42 Å². The molecule has 1 heterocycles. The lowest BCUT2D eigenvalue weighted by Crippen LogP contribution is -2.45. The minimum absolute atomic E-state index is 0.000720. The van der Waals surface area contributed by atoms with E-state index in [4.69, 9.17) is 4.74 Å². The quantitative estimate of drug-likeness (QED) is 0.483. The van der Waals surface area contributed by atoms with Crippen molar-refractivity contribution in [1.82, 2.24) is 20.4 Å². The van der Waals surface area contributed by atoms with Crippen LogP contribution in [0.4, 0.5) is 0 Å². The van der Waals surface area contributed by atoms with Crippen molar-refractivity contribution >= 4 is 11.9 Å². The molecule has 0 aromatic heterocycles.